The lowest BCUT2D eigenvalue weighted by Gasteiger charge is -2.27. The van der Waals surface area contributed by atoms with E-state index in [0.717, 1.165) is 31.2 Å². The van der Waals surface area contributed by atoms with Crippen LogP contribution in [0.1, 0.15) is 28.9 Å². The van der Waals surface area contributed by atoms with E-state index in [9.17, 15) is 13.2 Å². The topological polar surface area (TPSA) is 118 Å². The zero-order valence-electron chi connectivity index (χ0n) is 16.4. The molecule has 3 N–H and O–H groups in total. The summed E-state index contributed by atoms with van der Waals surface area (Å²) in [7, 11) is -2.17. The molecule has 1 fully saturated rings. The normalized spacial score (nSPS) is 22.7. The number of nitrogens with zero attached hydrogens (tertiary/aromatic N) is 3. The molecule has 0 aliphatic carbocycles. The highest BCUT2D eigenvalue weighted by Gasteiger charge is 2.34. The van der Waals surface area contributed by atoms with Gasteiger partial charge in [0.1, 0.15) is 6.04 Å². The SMILES string of the molecule is CN1C(N)=NC(c2sc3c(-c4ccc(C5CC(=O)N5)cc4)nccc3c2Cl)CS1(=O)=O. The number of amides is 1. The molecule has 2 aromatic heterocycles. The quantitative estimate of drug-likeness (QED) is 0.565. The van der Waals surface area contributed by atoms with E-state index < -0.39 is 16.1 Å². The van der Waals surface area contributed by atoms with Crippen LogP contribution in [0.5, 0.6) is 0 Å². The number of pyridine rings is 1. The molecule has 3 aromatic rings. The summed E-state index contributed by atoms with van der Waals surface area (Å²) in [5.74, 6) is -0.191. The van der Waals surface area contributed by atoms with Gasteiger partial charge >= 0.3 is 0 Å². The van der Waals surface area contributed by atoms with Gasteiger partial charge in [-0.2, -0.15) is 0 Å². The number of guanidine groups is 1. The zero-order valence-corrected chi connectivity index (χ0v) is 18.8. The molecular formula is C20H18ClN5O3S2. The fraction of sp³-hybridized carbons (Fsp3) is 0.250. The summed E-state index contributed by atoms with van der Waals surface area (Å²) < 4.78 is 26.7. The van der Waals surface area contributed by atoms with Crippen molar-refractivity contribution < 1.29 is 13.2 Å². The van der Waals surface area contributed by atoms with Crippen molar-refractivity contribution >= 4 is 54.9 Å². The third kappa shape index (κ3) is 3.35. The first-order valence-electron chi connectivity index (χ1n) is 9.51. The van der Waals surface area contributed by atoms with Crippen LogP contribution in [0, 0.1) is 0 Å². The smallest absolute Gasteiger partial charge is 0.239 e. The molecule has 0 saturated carbocycles. The van der Waals surface area contributed by atoms with Crippen molar-refractivity contribution in [2.45, 2.75) is 18.5 Å². The Morgan fingerprint density at radius 2 is 1.97 bits per heavy atom. The molecule has 0 bridgehead atoms. The number of nitrogens with two attached hydrogens (primary N) is 1. The first-order valence-corrected chi connectivity index (χ1v) is 12.3. The van der Waals surface area contributed by atoms with Gasteiger partial charge < -0.3 is 11.1 Å². The lowest BCUT2D eigenvalue weighted by atomic mass is 9.96. The lowest BCUT2D eigenvalue weighted by Crippen LogP contribution is -2.44. The summed E-state index contributed by atoms with van der Waals surface area (Å²) in [6.07, 6.45) is 2.18. The molecular weight excluding hydrogens is 458 g/mol. The van der Waals surface area contributed by atoms with Gasteiger partial charge in [-0.05, 0) is 11.6 Å². The number of nitrogens with one attached hydrogen (secondary N) is 1. The van der Waals surface area contributed by atoms with Gasteiger partial charge in [-0.1, -0.05) is 35.9 Å². The number of aliphatic imine (C=N–C) groups is 1. The molecule has 1 aromatic carbocycles. The van der Waals surface area contributed by atoms with Crippen molar-refractivity contribution in [3.05, 3.63) is 52.0 Å². The summed E-state index contributed by atoms with van der Waals surface area (Å²) in [5, 5.41) is 4.13. The van der Waals surface area contributed by atoms with E-state index in [0.29, 0.717) is 16.3 Å². The number of β-lactam (4-membered cyclic amide) rings is 1. The van der Waals surface area contributed by atoms with E-state index in [2.05, 4.69) is 15.3 Å². The van der Waals surface area contributed by atoms with Crippen LogP contribution in [0.15, 0.2) is 41.5 Å². The number of benzene rings is 1. The van der Waals surface area contributed by atoms with Crippen molar-refractivity contribution in [2.75, 3.05) is 12.8 Å². The summed E-state index contributed by atoms with van der Waals surface area (Å²) >= 11 is 8.04. The fourth-order valence-electron chi connectivity index (χ4n) is 3.73. The number of carbonyl (C=O) groups excluding carboxylic acids is 1. The molecule has 160 valence electrons. The molecule has 2 unspecified atom stereocenters. The number of hydrogen-bond donors (Lipinski definition) is 2. The Morgan fingerprint density at radius 3 is 2.61 bits per heavy atom. The Hall–Kier alpha value is -2.69. The van der Waals surface area contributed by atoms with Gasteiger partial charge in [0.25, 0.3) is 0 Å². The molecule has 1 amide bonds. The highest BCUT2D eigenvalue weighted by molar-refractivity contribution is 7.89. The molecule has 0 spiro atoms. The minimum Gasteiger partial charge on any atom is -0.369 e. The Balaban J connectivity index is 1.56. The van der Waals surface area contributed by atoms with E-state index in [1.807, 2.05) is 30.3 Å². The van der Waals surface area contributed by atoms with E-state index in [1.165, 1.54) is 18.4 Å². The Labute approximate surface area is 187 Å². The van der Waals surface area contributed by atoms with Gasteiger partial charge in [-0.3, -0.25) is 9.78 Å². The highest BCUT2D eigenvalue weighted by atomic mass is 35.5. The van der Waals surface area contributed by atoms with Crippen molar-refractivity contribution in [1.29, 1.82) is 0 Å². The van der Waals surface area contributed by atoms with Crippen molar-refractivity contribution in [3.63, 3.8) is 0 Å². The number of hydrogen-bond acceptors (Lipinski definition) is 7. The van der Waals surface area contributed by atoms with Gasteiger partial charge in [0.15, 0.2) is 0 Å². The second-order valence-electron chi connectivity index (χ2n) is 7.51. The molecule has 11 heteroatoms. The molecule has 5 rings (SSSR count). The second-order valence-corrected chi connectivity index (χ2v) is 11.0. The number of sulfonamides is 1. The van der Waals surface area contributed by atoms with Crippen molar-refractivity contribution in [2.24, 2.45) is 10.7 Å². The standard InChI is InChI=1S/C20H18ClN5O3S2/c1-26-20(22)25-14(9-31(26,28)29)19-16(21)12-6-7-23-17(18(12)30-19)11-4-2-10(3-5-11)13-8-15(27)24-13/h2-7,13-14H,8-9H2,1H3,(H2,22,25)(H,24,27). The van der Waals surface area contributed by atoms with Crippen LogP contribution in [0.3, 0.4) is 0 Å². The first-order chi connectivity index (χ1) is 14.7. The van der Waals surface area contributed by atoms with E-state index in [1.54, 1.807) is 6.20 Å². The van der Waals surface area contributed by atoms with Crippen LogP contribution in [-0.4, -0.2) is 42.4 Å². The third-order valence-corrected chi connectivity index (χ3v) is 9.17. The number of carbonyl (C=O) groups is 1. The number of halogens is 1. The minimum atomic E-state index is -3.56. The van der Waals surface area contributed by atoms with Gasteiger partial charge in [-0.15, -0.1) is 11.3 Å². The van der Waals surface area contributed by atoms with Crippen LogP contribution in [0.25, 0.3) is 21.3 Å². The van der Waals surface area contributed by atoms with Crippen LogP contribution >= 0.6 is 22.9 Å². The van der Waals surface area contributed by atoms with Crippen molar-refractivity contribution in [3.8, 4) is 11.3 Å². The number of aromatic nitrogens is 1. The van der Waals surface area contributed by atoms with E-state index in [-0.39, 0.29) is 23.7 Å². The Bertz CT molecular complexity index is 1340. The second kappa shape index (κ2) is 7.18. The van der Waals surface area contributed by atoms with Crippen LogP contribution in [0.4, 0.5) is 0 Å². The molecule has 31 heavy (non-hydrogen) atoms. The van der Waals surface area contributed by atoms with Gasteiger partial charge in [0, 0.05) is 24.2 Å². The van der Waals surface area contributed by atoms with Gasteiger partial charge in [0.2, 0.25) is 21.9 Å². The third-order valence-electron chi connectivity index (χ3n) is 5.58. The zero-order chi connectivity index (χ0) is 21.9. The Morgan fingerprint density at radius 1 is 1.26 bits per heavy atom. The maximum absolute atomic E-state index is 12.4. The van der Waals surface area contributed by atoms with Gasteiger partial charge in [-0.25, -0.2) is 17.7 Å². The molecule has 4 heterocycles. The summed E-state index contributed by atoms with van der Waals surface area (Å²) in [6.45, 7) is 0. The minimum absolute atomic E-state index is 0.0539. The average Bonchev–Trinajstić information content (AvgIpc) is 3.06. The predicted molar refractivity (Wildman–Crippen MR) is 121 cm³/mol. The molecule has 2 atom stereocenters. The summed E-state index contributed by atoms with van der Waals surface area (Å²) in [5.41, 5.74) is 8.54. The summed E-state index contributed by atoms with van der Waals surface area (Å²) in [4.78, 5) is 20.7. The van der Waals surface area contributed by atoms with E-state index in [4.69, 9.17) is 17.3 Å². The first kappa shape index (κ1) is 20.2. The van der Waals surface area contributed by atoms with E-state index >= 15 is 0 Å². The van der Waals surface area contributed by atoms with Crippen LogP contribution < -0.4 is 11.1 Å². The maximum Gasteiger partial charge on any atom is 0.239 e. The molecule has 2 aliphatic rings. The number of fused-ring (bicyclic) bond motifs is 1. The van der Waals surface area contributed by atoms with Gasteiger partial charge in [0.05, 0.1) is 38.5 Å². The highest BCUT2D eigenvalue weighted by Crippen LogP contribution is 2.44. The molecule has 8 nitrogen and oxygen atoms in total. The monoisotopic (exact) mass is 475 g/mol. The number of thiophene rings is 1. The van der Waals surface area contributed by atoms with Crippen molar-refractivity contribution in [1.82, 2.24) is 14.6 Å². The molecule has 1 saturated heterocycles. The maximum atomic E-state index is 12.4. The number of rotatable bonds is 3. The van der Waals surface area contributed by atoms with Crippen LogP contribution in [0.2, 0.25) is 5.02 Å². The average molecular weight is 476 g/mol. The lowest BCUT2D eigenvalue weighted by molar-refractivity contribution is -0.128. The predicted octanol–water partition coefficient (Wildman–Crippen LogP) is 2.81. The fourth-order valence-corrected chi connectivity index (χ4v) is 6.73. The van der Waals surface area contributed by atoms with Crippen LogP contribution in [-0.2, 0) is 14.8 Å². The molecule has 0 radical (unpaired) electrons. The molecule has 2 aliphatic heterocycles. The largest absolute Gasteiger partial charge is 0.369 e. The summed E-state index contributed by atoms with van der Waals surface area (Å²) in [6, 6.07) is 9.09. The Kier molecular flexibility index (Phi) is 4.68.